The number of hydrogen-bond donors (Lipinski definition) is 1. The van der Waals surface area contributed by atoms with Gasteiger partial charge in [-0.2, -0.15) is 0 Å². The molecule has 24 heavy (non-hydrogen) atoms. The minimum absolute atomic E-state index is 0.0791. The summed E-state index contributed by atoms with van der Waals surface area (Å²) in [5.41, 5.74) is 1.95. The van der Waals surface area contributed by atoms with Crippen molar-refractivity contribution < 1.29 is 9.90 Å². The molecule has 1 N–H and O–H groups in total. The van der Waals surface area contributed by atoms with E-state index in [9.17, 15) is 9.90 Å². The smallest absolute Gasteiger partial charge is 0.253 e. The van der Waals surface area contributed by atoms with Gasteiger partial charge in [0.2, 0.25) is 0 Å². The molecule has 0 spiro atoms. The predicted octanol–water partition coefficient (Wildman–Crippen LogP) is 3.82. The van der Waals surface area contributed by atoms with Gasteiger partial charge >= 0.3 is 0 Å². The highest BCUT2D eigenvalue weighted by atomic mass is 32.2. The Morgan fingerprint density at radius 1 is 1.12 bits per heavy atom. The molecule has 1 fully saturated rings. The van der Waals surface area contributed by atoms with Crippen LogP contribution in [0.3, 0.4) is 0 Å². The van der Waals surface area contributed by atoms with Crippen LogP contribution in [0.1, 0.15) is 28.8 Å². The number of nitrogens with zero attached hydrogens (tertiary/aromatic N) is 1. The first-order valence-electron chi connectivity index (χ1n) is 8.43. The first kappa shape index (κ1) is 17.1. The Morgan fingerprint density at radius 2 is 1.88 bits per heavy atom. The van der Waals surface area contributed by atoms with E-state index < -0.39 is 0 Å². The average Bonchev–Trinajstić information content (AvgIpc) is 2.67. The maximum Gasteiger partial charge on any atom is 0.253 e. The second-order valence-corrected chi connectivity index (χ2v) is 7.29. The molecule has 1 heterocycles. The van der Waals surface area contributed by atoms with Crippen LogP contribution in [0.4, 0.5) is 0 Å². The summed E-state index contributed by atoms with van der Waals surface area (Å²) in [4.78, 5) is 15.7. The number of likely N-dealkylation sites (tertiary alicyclic amines) is 1. The summed E-state index contributed by atoms with van der Waals surface area (Å²) >= 11 is 1.80. The van der Waals surface area contributed by atoms with Gasteiger partial charge in [-0.05, 0) is 48.6 Å². The molecule has 1 atom stereocenters. The van der Waals surface area contributed by atoms with Gasteiger partial charge in [0.05, 0.1) is 0 Å². The number of rotatable bonds is 5. The number of benzene rings is 2. The van der Waals surface area contributed by atoms with Gasteiger partial charge in [-0.25, -0.2) is 0 Å². The van der Waals surface area contributed by atoms with Crippen LogP contribution in [0, 0.1) is 5.92 Å². The first-order chi connectivity index (χ1) is 11.8. The first-order valence-corrected chi connectivity index (χ1v) is 9.42. The lowest BCUT2D eigenvalue weighted by molar-refractivity contribution is 0.0620. The molecule has 126 valence electrons. The van der Waals surface area contributed by atoms with Crippen molar-refractivity contribution >= 4 is 17.7 Å². The lowest BCUT2D eigenvalue weighted by atomic mass is 9.98. The predicted molar refractivity (Wildman–Crippen MR) is 98.2 cm³/mol. The lowest BCUT2D eigenvalue weighted by Gasteiger charge is -2.31. The maximum absolute atomic E-state index is 12.6. The summed E-state index contributed by atoms with van der Waals surface area (Å²) in [6, 6.07) is 18.2. The van der Waals surface area contributed by atoms with Crippen molar-refractivity contribution in [2.75, 3.05) is 19.7 Å². The van der Waals surface area contributed by atoms with Gasteiger partial charge < -0.3 is 10.0 Å². The van der Waals surface area contributed by atoms with Crippen LogP contribution in [-0.2, 0) is 5.75 Å². The molecule has 0 aromatic heterocycles. The number of piperidine rings is 1. The van der Waals surface area contributed by atoms with Crippen molar-refractivity contribution in [3.63, 3.8) is 0 Å². The van der Waals surface area contributed by atoms with Gasteiger partial charge in [0.15, 0.2) is 0 Å². The maximum atomic E-state index is 12.6. The van der Waals surface area contributed by atoms with Crippen LogP contribution in [0.2, 0.25) is 0 Å². The Bertz CT molecular complexity index is 657. The Hall–Kier alpha value is -1.78. The number of carbonyl (C=O) groups is 1. The second kappa shape index (κ2) is 8.36. The molecule has 4 heteroatoms. The highest BCUT2D eigenvalue weighted by molar-refractivity contribution is 7.98. The van der Waals surface area contributed by atoms with Gasteiger partial charge in [-0.15, -0.1) is 11.8 Å². The van der Waals surface area contributed by atoms with Gasteiger partial charge in [-0.1, -0.05) is 30.3 Å². The van der Waals surface area contributed by atoms with E-state index in [1.165, 1.54) is 10.5 Å². The minimum Gasteiger partial charge on any atom is -0.396 e. The van der Waals surface area contributed by atoms with E-state index in [4.69, 9.17) is 0 Å². The fourth-order valence-corrected chi connectivity index (χ4v) is 3.88. The summed E-state index contributed by atoms with van der Waals surface area (Å²) in [5.74, 6) is 1.20. The number of aliphatic hydroxyl groups is 1. The highest BCUT2D eigenvalue weighted by Gasteiger charge is 2.23. The summed E-state index contributed by atoms with van der Waals surface area (Å²) < 4.78 is 0. The number of amides is 1. The number of thioether (sulfide) groups is 1. The summed E-state index contributed by atoms with van der Waals surface area (Å²) in [7, 11) is 0. The third-order valence-corrected chi connectivity index (χ3v) is 5.50. The van der Waals surface area contributed by atoms with Crippen molar-refractivity contribution in [1.29, 1.82) is 0 Å². The number of aliphatic hydroxyl groups excluding tert-OH is 1. The van der Waals surface area contributed by atoms with Crippen LogP contribution in [-0.4, -0.2) is 35.6 Å². The average molecular weight is 341 g/mol. The molecule has 1 unspecified atom stereocenters. The van der Waals surface area contributed by atoms with Crippen molar-refractivity contribution in [3.8, 4) is 0 Å². The summed E-state index contributed by atoms with van der Waals surface area (Å²) in [5, 5.41) is 9.31. The topological polar surface area (TPSA) is 40.5 Å². The molecule has 3 rings (SSSR count). The molecule has 2 aromatic rings. The normalized spacial score (nSPS) is 17.7. The van der Waals surface area contributed by atoms with Crippen LogP contribution in [0.5, 0.6) is 0 Å². The molecule has 2 aromatic carbocycles. The quantitative estimate of drug-likeness (QED) is 0.841. The van der Waals surface area contributed by atoms with E-state index in [1.807, 2.05) is 47.4 Å². The zero-order chi connectivity index (χ0) is 16.8. The van der Waals surface area contributed by atoms with Gasteiger partial charge in [-0.3, -0.25) is 4.79 Å². The van der Waals surface area contributed by atoms with E-state index in [0.29, 0.717) is 6.54 Å². The van der Waals surface area contributed by atoms with Crippen molar-refractivity contribution in [1.82, 2.24) is 4.90 Å². The van der Waals surface area contributed by atoms with Crippen LogP contribution in [0.15, 0.2) is 59.5 Å². The second-order valence-electron chi connectivity index (χ2n) is 6.24. The molecule has 1 aliphatic heterocycles. The monoisotopic (exact) mass is 341 g/mol. The Morgan fingerprint density at radius 3 is 2.58 bits per heavy atom. The molecule has 0 radical (unpaired) electrons. The largest absolute Gasteiger partial charge is 0.396 e. The molecule has 1 aliphatic rings. The zero-order valence-corrected chi connectivity index (χ0v) is 14.5. The molecule has 1 saturated heterocycles. The molecular weight excluding hydrogens is 318 g/mol. The fraction of sp³-hybridized carbons (Fsp3) is 0.350. The molecule has 0 aliphatic carbocycles. The minimum atomic E-state index is 0.0791. The van der Waals surface area contributed by atoms with Gasteiger partial charge in [0.1, 0.15) is 0 Å². The van der Waals surface area contributed by atoms with E-state index in [0.717, 1.165) is 30.7 Å². The molecule has 3 nitrogen and oxygen atoms in total. The standard InChI is InChI=1S/C20H23NO2S/c22-14-17-5-4-12-21(13-17)20(23)18-10-8-16(9-11-18)15-24-19-6-2-1-3-7-19/h1-3,6-11,17,22H,4-5,12-15H2. The number of carbonyl (C=O) groups excluding carboxylic acids is 1. The van der Waals surface area contributed by atoms with E-state index >= 15 is 0 Å². The number of hydrogen-bond acceptors (Lipinski definition) is 3. The Balaban J connectivity index is 1.58. The molecule has 0 saturated carbocycles. The zero-order valence-electron chi connectivity index (χ0n) is 13.7. The van der Waals surface area contributed by atoms with Crippen LogP contribution >= 0.6 is 11.8 Å². The van der Waals surface area contributed by atoms with Crippen molar-refractivity contribution in [3.05, 3.63) is 65.7 Å². The summed E-state index contributed by atoms with van der Waals surface area (Å²) in [6.07, 6.45) is 1.98. The Kier molecular flexibility index (Phi) is 5.94. The van der Waals surface area contributed by atoms with Gasteiger partial charge in [0, 0.05) is 35.9 Å². The van der Waals surface area contributed by atoms with Crippen LogP contribution < -0.4 is 0 Å². The highest BCUT2D eigenvalue weighted by Crippen LogP contribution is 2.23. The SMILES string of the molecule is O=C(c1ccc(CSc2ccccc2)cc1)N1CCCC(CO)C1. The van der Waals surface area contributed by atoms with E-state index in [1.54, 1.807) is 11.8 Å². The van der Waals surface area contributed by atoms with E-state index in [-0.39, 0.29) is 18.4 Å². The molecule has 0 bridgehead atoms. The molecular formula is C20H23NO2S. The van der Waals surface area contributed by atoms with Gasteiger partial charge in [0.25, 0.3) is 5.91 Å². The Labute approximate surface area is 147 Å². The lowest BCUT2D eigenvalue weighted by Crippen LogP contribution is -2.40. The third kappa shape index (κ3) is 4.40. The molecule has 1 amide bonds. The fourth-order valence-electron chi connectivity index (χ4n) is 3.01. The summed E-state index contributed by atoms with van der Waals surface area (Å²) in [6.45, 7) is 1.63. The third-order valence-electron chi connectivity index (χ3n) is 4.41. The van der Waals surface area contributed by atoms with Crippen molar-refractivity contribution in [2.24, 2.45) is 5.92 Å². The van der Waals surface area contributed by atoms with Crippen LogP contribution in [0.25, 0.3) is 0 Å². The van der Waals surface area contributed by atoms with E-state index in [2.05, 4.69) is 12.1 Å². The van der Waals surface area contributed by atoms with Crippen molar-refractivity contribution in [2.45, 2.75) is 23.5 Å².